The van der Waals surface area contributed by atoms with Gasteiger partial charge in [0.1, 0.15) is 11.6 Å². The van der Waals surface area contributed by atoms with E-state index >= 15 is 0 Å². The van der Waals surface area contributed by atoms with Gasteiger partial charge in [-0.25, -0.2) is 13.4 Å². The lowest BCUT2D eigenvalue weighted by Crippen LogP contribution is -2.03. The van der Waals surface area contributed by atoms with E-state index in [4.69, 9.17) is 9.52 Å². The summed E-state index contributed by atoms with van der Waals surface area (Å²) in [5.41, 5.74) is 3.48. The van der Waals surface area contributed by atoms with Gasteiger partial charge in [0.15, 0.2) is 0 Å². The van der Waals surface area contributed by atoms with Gasteiger partial charge >= 0.3 is 0 Å². The van der Waals surface area contributed by atoms with Gasteiger partial charge in [0.05, 0.1) is 38.3 Å². The number of fused-ring (bicyclic) bond motifs is 3. The highest BCUT2D eigenvalue weighted by molar-refractivity contribution is 7.91. The molecule has 4 aromatic rings. The number of methoxy groups -OCH3 is 1. The number of ether oxygens (including phenoxy) is 1. The molecule has 2 aromatic heterocycles. The summed E-state index contributed by atoms with van der Waals surface area (Å²) in [5.74, 6) is 0.131. The molecule has 1 atom stereocenters. The first-order valence-corrected chi connectivity index (χ1v) is 10.3. The van der Waals surface area contributed by atoms with E-state index in [0.29, 0.717) is 6.54 Å². The molecule has 0 aliphatic rings. The van der Waals surface area contributed by atoms with Gasteiger partial charge in [-0.2, -0.15) is 0 Å². The molecule has 1 N–H and O–H groups in total. The number of hydrogen-bond acceptors (Lipinski definition) is 4. The Labute approximate surface area is 156 Å². The van der Waals surface area contributed by atoms with Gasteiger partial charge in [-0.1, -0.05) is 6.07 Å². The Hall–Kier alpha value is -2.93. The minimum atomic E-state index is -3.10. The normalized spacial score (nSPS) is 13.7. The second-order valence-electron chi connectivity index (χ2n) is 6.45. The van der Waals surface area contributed by atoms with Crippen LogP contribution in [0.25, 0.3) is 21.9 Å². The fraction of sp³-hybridized carbons (Fsp3) is 0.150. The van der Waals surface area contributed by atoms with Gasteiger partial charge in [0, 0.05) is 24.4 Å². The van der Waals surface area contributed by atoms with E-state index in [-0.39, 0.29) is 4.90 Å². The van der Waals surface area contributed by atoms with E-state index in [1.807, 2.05) is 30.3 Å². The average molecular weight is 383 g/mol. The summed E-state index contributed by atoms with van der Waals surface area (Å²) < 4.78 is 41.2. The van der Waals surface area contributed by atoms with E-state index in [1.54, 1.807) is 19.4 Å². The molecule has 0 saturated carbocycles. The molecule has 0 radical (unpaired) electrons. The third-order valence-electron chi connectivity index (χ3n) is 4.58. The van der Waals surface area contributed by atoms with Crippen molar-refractivity contribution in [3.05, 3.63) is 66.1 Å². The van der Waals surface area contributed by atoms with Crippen molar-refractivity contribution in [3.8, 4) is 5.75 Å². The number of nitrogens with zero attached hydrogens (tertiary/aromatic N) is 2. The van der Waals surface area contributed by atoms with Gasteiger partial charge in [0.2, 0.25) is 0 Å². The standard InChI is InChI=1S/C20H18FN3O2S/c1-26-14-6-7-17-15(11-14)20-18(4-3-9-23-20)24(17)12-13-5-8-19(16(21)10-13)27(2,22)25/h3-11,22H,12H2,1-2H3. The Balaban J connectivity index is 1.88. The first-order chi connectivity index (χ1) is 12.9. The molecular weight excluding hydrogens is 365 g/mol. The molecule has 5 nitrogen and oxygen atoms in total. The average Bonchev–Trinajstić information content (AvgIpc) is 2.94. The van der Waals surface area contributed by atoms with E-state index < -0.39 is 15.5 Å². The number of halogens is 1. The number of nitrogens with one attached hydrogen (secondary N) is 1. The van der Waals surface area contributed by atoms with Gasteiger partial charge < -0.3 is 9.30 Å². The highest BCUT2D eigenvalue weighted by Crippen LogP contribution is 2.31. The maximum atomic E-state index is 14.4. The molecular formula is C20H18FN3O2S. The van der Waals surface area contributed by atoms with E-state index in [1.165, 1.54) is 18.4 Å². The van der Waals surface area contributed by atoms with Crippen LogP contribution in [0.4, 0.5) is 4.39 Å². The smallest absolute Gasteiger partial charge is 0.140 e. The van der Waals surface area contributed by atoms with Crippen LogP contribution < -0.4 is 4.74 Å². The Bertz CT molecular complexity index is 1280. The third kappa shape index (κ3) is 3.04. The van der Waals surface area contributed by atoms with Crippen LogP contribution in [-0.4, -0.2) is 27.1 Å². The van der Waals surface area contributed by atoms with Gasteiger partial charge in [-0.05, 0) is 48.0 Å². The van der Waals surface area contributed by atoms with Crippen LogP contribution >= 0.6 is 0 Å². The van der Waals surface area contributed by atoms with Crippen LogP contribution in [0.1, 0.15) is 5.56 Å². The van der Waals surface area contributed by atoms with Crippen molar-refractivity contribution in [1.29, 1.82) is 4.78 Å². The largest absolute Gasteiger partial charge is 0.497 e. The van der Waals surface area contributed by atoms with Gasteiger partial charge in [-0.15, -0.1) is 0 Å². The van der Waals surface area contributed by atoms with Crippen LogP contribution in [-0.2, 0) is 16.3 Å². The van der Waals surface area contributed by atoms with Crippen LogP contribution in [0.2, 0.25) is 0 Å². The molecule has 1 unspecified atom stereocenters. The maximum absolute atomic E-state index is 14.4. The molecule has 0 fully saturated rings. The predicted molar refractivity (Wildman–Crippen MR) is 104 cm³/mol. The Morgan fingerprint density at radius 2 is 2.00 bits per heavy atom. The molecule has 0 aliphatic heterocycles. The van der Waals surface area contributed by atoms with Crippen LogP contribution in [0.3, 0.4) is 0 Å². The molecule has 0 amide bonds. The van der Waals surface area contributed by atoms with Crippen LogP contribution in [0, 0.1) is 10.6 Å². The van der Waals surface area contributed by atoms with E-state index in [9.17, 15) is 8.60 Å². The monoisotopic (exact) mass is 383 g/mol. The summed E-state index contributed by atoms with van der Waals surface area (Å²) in [6.45, 7) is 0.429. The molecule has 0 saturated heterocycles. The topological polar surface area (TPSA) is 68.0 Å². The van der Waals surface area contributed by atoms with Gasteiger partial charge in [0.25, 0.3) is 0 Å². The zero-order chi connectivity index (χ0) is 19.2. The van der Waals surface area contributed by atoms with Crippen molar-refractivity contribution in [2.24, 2.45) is 0 Å². The first-order valence-electron chi connectivity index (χ1n) is 8.31. The number of benzene rings is 2. The molecule has 27 heavy (non-hydrogen) atoms. The summed E-state index contributed by atoms with van der Waals surface area (Å²) in [5, 5.41) is 0.963. The fourth-order valence-electron chi connectivity index (χ4n) is 3.33. The van der Waals surface area contributed by atoms with Crippen LogP contribution in [0.15, 0.2) is 59.6 Å². The van der Waals surface area contributed by atoms with E-state index in [0.717, 1.165) is 33.2 Å². The molecule has 4 rings (SSSR count). The molecule has 0 bridgehead atoms. The number of rotatable bonds is 4. The minimum absolute atomic E-state index is 0.0696. The van der Waals surface area contributed by atoms with Crippen molar-refractivity contribution in [3.63, 3.8) is 0 Å². The second-order valence-corrected chi connectivity index (χ2v) is 8.58. The Kier molecular flexibility index (Phi) is 4.11. The van der Waals surface area contributed by atoms with Crippen molar-refractivity contribution in [2.45, 2.75) is 11.4 Å². The molecule has 2 heterocycles. The molecule has 0 aliphatic carbocycles. The zero-order valence-corrected chi connectivity index (χ0v) is 15.7. The summed E-state index contributed by atoms with van der Waals surface area (Å²) in [6, 6.07) is 14.1. The van der Waals surface area contributed by atoms with E-state index in [2.05, 4.69) is 9.55 Å². The number of aromatic nitrogens is 2. The number of pyridine rings is 1. The lowest BCUT2D eigenvalue weighted by atomic mass is 10.2. The molecule has 0 spiro atoms. The third-order valence-corrected chi connectivity index (χ3v) is 5.75. The van der Waals surface area contributed by atoms with Crippen molar-refractivity contribution < 1.29 is 13.3 Å². The lowest BCUT2D eigenvalue weighted by Gasteiger charge is -2.10. The highest BCUT2D eigenvalue weighted by atomic mass is 32.2. The highest BCUT2D eigenvalue weighted by Gasteiger charge is 2.15. The zero-order valence-electron chi connectivity index (χ0n) is 14.9. The molecule has 2 aromatic carbocycles. The summed E-state index contributed by atoms with van der Waals surface area (Å²) in [7, 11) is -1.47. The fourth-order valence-corrected chi connectivity index (χ4v) is 4.09. The quantitative estimate of drug-likeness (QED) is 0.567. The summed E-state index contributed by atoms with van der Waals surface area (Å²) >= 11 is 0. The maximum Gasteiger partial charge on any atom is 0.140 e. The lowest BCUT2D eigenvalue weighted by molar-refractivity contribution is 0.415. The molecule has 7 heteroatoms. The summed E-state index contributed by atoms with van der Waals surface area (Å²) in [4.78, 5) is 4.43. The predicted octanol–water partition coefficient (Wildman–Crippen LogP) is 4.42. The first kappa shape index (κ1) is 17.5. The Morgan fingerprint density at radius 1 is 1.19 bits per heavy atom. The van der Waals surface area contributed by atoms with Crippen molar-refractivity contribution in [2.75, 3.05) is 13.4 Å². The SMILES string of the molecule is COc1ccc2c(c1)c1ncccc1n2Cc1ccc(S(C)(=N)=O)c(F)c1. The van der Waals surface area contributed by atoms with Crippen LogP contribution in [0.5, 0.6) is 5.75 Å². The summed E-state index contributed by atoms with van der Waals surface area (Å²) in [6.07, 6.45) is 2.96. The molecule has 138 valence electrons. The van der Waals surface area contributed by atoms with Crippen molar-refractivity contribution >= 4 is 31.7 Å². The van der Waals surface area contributed by atoms with Gasteiger partial charge in [-0.3, -0.25) is 4.98 Å². The van der Waals surface area contributed by atoms with Crippen molar-refractivity contribution in [1.82, 2.24) is 9.55 Å². The minimum Gasteiger partial charge on any atom is -0.497 e. The number of hydrogen-bond donors (Lipinski definition) is 1. The Morgan fingerprint density at radius 3 is 2.70 bits per heavy atom. The second kappa shape index (κ2) is 6.35.